The Bertz CT molecular complexity index is 1390. The summed E-state index contributed by atoms with van der Waals surface area (Å²) in [6.07, 6.45) is 0. The Kier molecular flexibility index (Phi) is 7.36. The summed E-state index contributed by atoms with van der Waals surface area (Å²) in [5, 5.41) is 23.6. The van der Waals surface area contributed by atoms with Crippen LogP contribution >= 0.6 is 46.4 Å². The Labute approximate surface area is 225 Å². The molecule has 2 amide bonds. The SMILES string of the molecule is Nc1nc(/C(=N/Oc2ccccc2)C(=O)NC2C(=O)N3C(C(=O)O)=C(CSc4nncs4)CS[C@H]23)ns1. The van der Waals surface area contributed by atoms with Gasteiger partial charge in [0.05, 0.1) is 0 Å². The number of aromatic nitrogens is 4. The maximum atomic E-state index is 13.1. The van der Waals surface area contributed by atoms with Crippen molar-refractivity contribution in [3.63, 3.8) is 0 Å². The molecule has 2 aliphatic heterocycles. The number of nitrogen functional groups attached to an aromatic ring is 1. The minimum absolute atomic E-state index is 0.0574. The zero-order valence-electron chi connectivity index (χ0n) is 18.5. The molecule has 0 spiro atoms. The largest absolute Gasteiger partial charge is 0.477 e. The number of para-hydroxylation sites is 1. The summed E-state index contributed by atoms with van der Waals surface area (Å²) >= 11 is 4.93. The Morgan fingerprint density at radius 1 is 1.32 bits per heavy atom. The molecular weight excluding hydrogens is 561 g/mol. The number of nitrogens with zero attached hydrogens (tertiary/aromatic N) is 6. The second-order valence-corrected chi connectivity index (χ2v) is 11.4. The van der Waals surface area contributed by atoms with Crippen LogP contribution in [0.4, 0.5) is 5.13 Å². The van der Waals surface area contributed by atoms with Crippen LogP contribution in [0.15, 0.2) is 56.6 Å². The average Bonchev–Trinajstić information content (AvgIpc) is 3.58. The molecule has 0 aliphatic carbocycles. The van der Waals surface area contributed by atoms with Gasteiger partial charge in [-0.3, -0.25) is 14.5 Å². The van der Waals surface area contributed by atoms with Gasteiger partial charge < -0.3 is 21.0 Å². The molecule has 2 aromatic heterocycles. The molecule has 0 bridgehead atoms. The molecule has 0 radical (unpaired) electrons. The second-order valence-electron chi connectivity index (χ2n) is 7.41. The van der Waals surface area contributed by atoms with Crippen LogP contribution in [0.1, 0.15) is 5.82 Å². The molecule has 1 saturated heterocycles. The van der Waals surface area contributed by atoms with Crippen LogP contribution in [0.25, 0.3) is 0 Å². The first kappa shape index (κ1) is 25.1. The normalized spacial score (nSPS) is 19.3. The first-order valence-electron chi connectivity index (χ1n) is 10.4. The van der Waals surface area contributed by atoms with E-state index in [2.05, 4.69) is 30.0 Å². The lowest BCUT2D eigenvalue weighted by atomic mass is 10.0. The number of carbonyl (C=O) groups is 3. The lowest BCUT2D eigenvalue weighted by molar-refractivity contribution is -0.150. The number of carboxylic acids is 1. The second kappa shape index (κ2) is 10.8. The van der Waals surface area contributed by atoms with E-state index in [1.165, 1.54) is 39.8 Å². The number of carboxylic acid groups (broad SMARTS) is 1. The van der Waals surface area contributed by atoms with Crippen LogP contribution in [0, 0.1) is 0 Å². The summed E-state index contributed by atoms with van der Waals surface area (Å²) in [6.45, 7) is 0. The highest BCUT2D eigenvalue weighted by molar-refractivity contribution is 8.01. The van der Waals surface area contributed by atoms with Gasteiger partial charge in [0.15, 0.2) is 15.2 Å². The molecule has 1 aromatic carbocycles. The Morgan fingerprint density at radius 3 is 2.81 bits per heavy atom. The number of fused-ring (bicyclic) bond motifs is 1. The maximum absolute atomic E-state index is 13.1. The lowest BCUT2D eigenvalue weighted by Crippen LogP contribution is -2.71. The molecule has 17 heteroatoms. The number of benzene rings is 1. The van der Waals surface area contributed by atoms with Gasteiger partial charge in [-0.1, -0.05) is 46.5 Å². The predicted molar refractivity (Wildman–Crippen MR) is 138 cm³/mol. The van der Waals surface area contributed by atoms with E-state index in [9.17, 15) is 19.5 Å². The number of β-lactam (4-membered cyclic amide) rings is 1. The van der Waals surface area contributed by atoms with Gasteiger partial charge in [-0.15, -0.1) is 22.0 Å². The third-order valence-corrected chi connectivity index (χ3v) is 8.93. The van der Waals surface area contributed by atoms with Crippen molar-refractivity contribution in [2.24, 2.45) is 5.16 Å². The Morgan fingerprint density at radius 2 is 2.14 bits per heavy atom. The molecule has 2 atom stereocenters. The number of amides is 2. The van der Waals surface area contributed by atoms with Gasteiger partial charge in [0.25, 0.3) is 11.8 Å². The number of carbonyl (C=O) groups excluding carboxylic acids is 2. The number of anilines is 1. The number of oxime groups is 1. The quantitative estimate of drug-likeness (QED) is 0.144. The van der Waals surface area contributed by atoms with E-state index < -0.39 is 29.2 Å². The van der Waals surface area contributed by atoms with Crippen molar-refractivity contribution < 1.29 is 24.3 Å². The topological polar surface area (TPSA) is 186 Å². The van der Waals surface area contributed by atoms with Crippen molar-refractivity contribution in [2.75, 3.05) is 17.2 Å². The van der Waals surface area contributed by atoms with Crippen molar-refractivity contribution in [1.82, 2.24) is 29.8 Å². The number of hydrogen-bond acceptors (Lipinski definition) is 14. The van der Waals surface area contributed by atoms with Crippen LogP contribution in [-0.4, -0.2) is 76.0 Å². The van der Waals surface area contributed by atoms with E-state index in [1.54, 1.807) is 35.8 Å². The fourth-order valence-electron chi connectivity index (χ4n) is 3.47. The standard InChI is InChI=1S/C20H16N8O5S4/c21-19-24-14(27-37-19)11(26-33-10-4-2-1-3-5-10)15(29)23-12-16(30)28-13(18(31)32)9(6-34-17(12)28)7-35-20-25-22-8-36-20/h1-5,8,12,17H,6-7H2,(H,23,29)(H,31,32)(H2,21,24,27)/b26-11-/t12?,17-/m1/s1. The number of nitrogens with one attached hydrogen (secondary N) is 1. The van der Waals surface area contributed by atoms with E-state index in [0.29, 0.717) is 27.2 Å². The van der Waals surface area contributed by atoms with Crippen LogP contribution in [0.3, 0.4) is 0 Å². The third-order valence-electron chi connectivity index (χ3n) is 5.10. The molecule has 5 rings (SSSR count). The summed E-state index contributed by atoms with van der Waals surface area (Å²) in [4.78, 5) is 48.8. The van der Waals surface area contributed by atoms with Gasteiger partial charge in [0, 0.05) is 23.0 Å². The summed E-state index contributed by atoms with van der Waals surface area (Å²) in [5.74, 6) is -1.48. The lowest BCUT2D eigenvalue weighted by Gasteiger charge is -2.49. The minimum Gasteiger partial charge on any atom is -0.477 e. The summed E-state index contributed by atoms with van der Waals surface area (Å²) in [5.41, 5.74) is 7.50. The van der Waals surface area contributed by atoms with Crippen molar-refractivity contribution in [1.29, 1.82) is 0 Å². The number of thioether (sulfide) groups is 2. The minimum atomic E-state index is -1.21. The fraction of sp³-hybridized carbons (Fsp3) is 0.200. The zero-order chi connectivity index (χ0) is 25.9. The molecular formula is C20H16N8O5S4. The molecule has 4 heterocycles. The molecule has 13 nitrogen and oxygen atoms in total. The van der Waals surface area contributed by atoms with E-state index >= 15 is 0 Å². The van der Waals surface area contributed by atoms with Crippen LogP contribution in [0.5, 0.6) is 5.75 Å². The van der Waals surface area contributed by atoms with E-state index in [0.717, 1.165) is 11.5 Å². The molecule has 190 valence electrons. The monoisotopic (exact) mass is 576 g/mol. The van der Waals surface area contributed by atoms with Gasteiger partial charge in [0.2, 0.25) is 11.5 Å². The Balaban J connectivity index is 1.33. The smallest absolute Gasteiger partial charge is 0.352 e. The highest BCUT2D eigenvalue weighted by Gasteiger charge is 2.54. The number of nitrogens with two attached hydrogens (primary N) is 1. The highest BCUT2D eigenvalue weighted by atomic mass is 32.2. The third kappa shape index (κ3) is 5.29. The van der Waals surface area contributed by atoms with Crippen LogP contribution in [-0.2, 0) is 14.4 Å². The molecule has 1 unspecified atom stereocenters. The summed E-state index contributed by atoms with van der Waals surface area (Å²) in [6, 6.07) is 7.59. The van der Waals surface area contributed by atoms with Crippen molar-refractivity contribution in [3.05, 3.63) is 52.9 Å². The zero-order valence-corrected chi connectivity index (χ0v) is 21.8. The van der Waals surface area contributed by atoms with Gasteiger partial charge in [-0.25, -0.2) is 4.79 Å². The van der Waals surface area contributed by atoms with Gasteiger partial charge in [0.1, 0.15) is 22.6 Å². The fourth-order valence-corrected chi connectivity index (χ4v) is 6.88. The van der Waals surface area contributed by atoms with Gasteiger partial charge >= 0.3 is 5.97 Å². The molecule has 37 heavy (non-hydrogen) atoms. The van der Waals surface area contributed by atoms with E-state index in [4.69, 9.17) is 10.6 Å². The van der Waals surface area contributed by atoms with Crippen LogP contribution in [0.2, 0.25) is 0 Å². The summed E-state index contributed by atoms with van der Waals surface area (Å²) in [7, 11) is 0. The van der Waals surface area contributed by atoms with Crippen molar-refractivity contribution >= 4 is 75.0 Å². The molecule has 4 N–H and O–H groups in total. The van der Waals surface area contributed by atoms with E-state index in [1.807, 2.05) is 0 Å². The number of rotatable bonds is 9. The van der Waals surface area contributed by atoms with Crippen molar-refractivity contribution in [2.45, 2.75) is 15.8 Å². The van der Waals surface area contributed by atoms with E-state index in [-0.39, 0.29) is 22.4 Å². The molecule has 0 saturated carbocycles. The summed E-state index contributed by atoms with van der Waals surface area (Å²) < 4.78 is 4.72. The maximum Gasteiger partial charge on any atom is 0.352 e. The molecule has 3 aromatic rings. The van der Waals surface area contributed by atoms with Gasteiger partial charge in [-0.05, 0) is 17.7 Å². The molecule has 2 aliphatic rings. The highest BCUT2D eigenvalue weighted by Crippen LogP contribution is 2.41. The number of hydrogen-bond donors (Lipinski definition) is 3. The first-order chi connectivity index (χ1) is 17.9. The average molecular weight is 577 g/mol. The Hall–Kier alpha value is -3.54. The van der Waals surface area contributed by atoms with Gasteiger partial charge in [-0.2, -0.15) is 9.36 Å². The molecule has 1 fully saturated rings. The predicted octanol–water partition coefficient (Wildman–Crippen LogP) is 1.29. The number of aliphatic carboxylic acids is 1. The van der Waals surface area contributed by atoms with Crippen molar-refractivity contribution in [3.8, 4) is 5.75 Å². The van der Waals surface area contributed by atoms with Crippen LogP contribution < -0.4 is 15.9 Å². The first-order valence-corrected chi connectivity index (χ1v) is 14.1.